The van der Waals surface area contributed by atoms with Crippen molar-refractivity contribution in [1.82, 2.24) is 15.6 Å². The number of aliphatic imine (C=N–C) groups is 1. The standard InChI is InChI=1S/C17H20F4N4OS/c1-4-22-16(23-8-15-25-14(9-27-15)17(19,20)21)24-10(2)11-5-6-13(26-3)12(18)7-11/h5-7,9-10H,4,8H2,1-3H3,(H2,22,23,24). The van der Waals surface area contributed by atoms with Gasteiger partial charge in [-0.1, -0.05) is 6.07 Å². The summed E-state index contributed by atoms with van der Waals surface area (Å²) in [4.78, 5) is 7.81. The number of hydrogen-bond acceptors (Lipinski definition) is 4. The van der Waals surface area contributed by atoms with E-state index in [2.05, 4.69) is 20.6 Å². The van der Waals surface area contributed by atoms with Crippen LogP contribution in [0.1, 0.15) is 36.2 Å². The molecule has 0 aliphatic carbocycles. The summed E-state index contributed by atoms with van der Waals surface area (Å²) < 4.78 is 56.6. The smallest absolute Gasteiger partial charge is 0.434 e. The van der Waals surface area contributed by atoms with E-state index in [4.69, 9.17) is 4.74 Å². The van der Waals surface area contributed by atoms with Crippen LogP contribution in [0.4, 0.5) is 17.6 Å². The lowest BCUT2D eigenvalue weighted by atomic mass is 10.1. The van der Waals surface area contributed by atoms with Crippen LogP contribution in [0.3, 0.4) is 0 Å². The number of thiazole rings is 1. The van der Waals surface area contributed by atoms with E-state index in [1.807, 2.05) is 13.8 Å². The van der Waals surface area contributed by atoms with E-state index in [1.165, 1.54) is 19.2 Å². The van der Waals surface area contributed by atoms with Gasteiger partial charge in [0.25, 0.3) is 0 Å². The number of rotatable bonds is 6. The van der Waals surface area contributed by atoms with Crippen LogP contribution in [-0.4, -0.2) is 24.6 Å². The average Bonchev–Trinajstić information content (AvgIpc) is 3.09. The fourth-order valence-electron chi connectivity index (χ4n) is 2.22. The average molecular weight is 404 g/mol. The molecule has 148 valence electrons. The maximum Gasteiger partial charge on any atom is 0.434 e. The van der Waals surface area contributed by atoms with Gasteiger partial charge in [0.2, 0.25) is 0 Å². The van der Waals surface area contributed by atoms with Gasteiger partial charge < -0.3 is 15.4 Å². The predicted octanol–water partition coefficient (Wildman–Crippen LogP) is 4.13. The molecule has 1 unspecified atom stereocenters. The number of benzene rings is 1. The third-order valence-corrected chi connectivity index (χ3v) is 4.42. The first-order valence-electron chi connectivity index (χ1n) is 8.14. The molecule has 1 aromatic heterocycles. The molecule has 0 fully saturated rings. The highest BCUT2D eigenvalue weighted by molar-refractivity contribution is 7.09. The lowest BCUT2D eigenvalue weighted by Crippen LogP contribution is -2.38. The number of nitrogens with zero attached hydrogens (tertiary/aromatic N) is 2. The number of hydrogen-bond donors (Lipinski definition) is 2. The molecule has 0 saturated heterocycles. The molecular weight excluding hydrogens is 384 g/mol. The highest BCUT2D eigenvalue weighted by atomic mass is 32.1. The van der Waals surface area contributed by atoms with E-state index in [0.717, 1.165) is 16.7 Å². The molecule has 0 amide bonds. The van der Waals surface area contributed by atoms with Crippen molar-refractivity contribution >= 4 is 17.3 Å². The molecule has 0 radical (unpaired) electrons. The minimum Gasteiger partial charge on any atom is -0.494 e. The fourth-order valence-corrected chi connectivity index (χ4v) is 2.94. The second-order valence-electron chi connectivity index (χ2n) is 5.58. The number of aromatic nitrogens is 1. The normalized spacial score (nSPS) is 13.4. The first-order chi connectivity index (χ1) is 12.7. The molecule has 0 bridgehead atoms. The van der Waals surface area contributed by atoms with Crippen LogP contribution in [0, 0.1) is 5.82 Å². The van der Waals surface area contributed by atoms with Crippen LogP contribution in [0.5, 0.6) is 5.75 Å². The lowest BCUT2D eigenvalue weighted by Gasteiger charge is -2.18. The highest BCUT2D eigenvalue weighted by Gasteiger charge is 2.33. The predicted molar refractivity (Wildman–Crippen MR) is 96.4 cm³/mol. The van der Waals surface area contributed by atoms with Gasteiger partial charge in [0.1, 0.15) is 5.01 Å². The van der Waals surface area contributed by atoms with Crippen molar-refractivity contribution in [1.29, 1.82) is 0 Å². The number of guanidine groups is 1. The van der Waals surface area contributed by atoms with E-state index in [0.29, 0.717) is 18.1 Å². The zero-order valence-corrected chi connectivity index (χ0v) is 15.8. The van der Waals surface area contributed by atoms with E-state index < -0.39 is 17.7 Å². The summed E-state index contributed by atoms with van der Waals surface area (Å²) in [5, 5.41) is 7.31. The molecule has 0 aliphatic heterocycles. The van der Waals surface area contributed by atoms with Crippen molar-refractivity contribution < 1.29 is 22.3 Å². The molecule has 0 saturated carbocycles. The van der Waals surface area contributed by atoms with Crippen LogP contribution in [0.25, 0.3) is 0 Å². The topological polar surface area (TPSA) is 58.5 Å². The highest BCUT2D eigenvalue weighted by Crippen LogP contribution is 2.30. The van der Waals surface area contributed by atoms with Gasteiger partial charge in [-0.05, 0) is 31.5 Å². The monoisotopic (exact) mass is 404 g/mol. The van der Waals surface area contributed by atoms with Gasteiger partial charge in [0.05, 0.1) is 19.7 Å². The summed E-state index contributed by atoms with van der Waals surface area (Å²) in [6, 6.07) is 4.32. The molecule has 5 nitrogen and oxygen atoms in total. The summed E-state index contributed by atoms with van der Waals surface area (Å²) in [6.45, 7) is 4.24. The van der Waals surface area contributed by atoms with E-state index in [1.54, 1.807) is 6.07 Å². The molecule has 2 rings (SSSR count). The number of alkyl halides is 3. The van der Waals surface area contributed by atoms with Gasteiger partial charge in [-0.15, -0.1) is 11.3 Å². The quantitative estimate of drug-likeness (QED) is 0.432. The first kappa shape index (κ1) is 20.9. The van der Waals surface area contributed by atoms with Gasteiger partial charge in [-0.2, -0.15) is 13.2 Å². The maximum absolute atomic E-state index is 13.9. The van der Waals surface area contributed by atoms with Crippen molar-refractivity contribution in [2.45, 2.75) is 32.6 Å². The van der Waals surface area contributed by atoms with E-state index >= 15 is 0 Å². The number of ether oxygens (including phenoxy) is 1. The minimum atomic E-state index is -4.46. The van der Waals surface area contributed by atoms with Crippen LogP contribution in [-0.2, 0) is 12.7 Å². The van der Waals surface area contributed by atoms with Gasteiger partial charge in [-0.25, -0.2) is 14.4 Å². The summed E-state index contributed by atoms with van der Waals surface area (Å²) >= 11 is 0.901. The molecule has 2 aromatic rings. The molecule has 0 aliphatic rings. The Morgan fingerprint density at radius 1 is 1.37 bits per heavy atom. The van der Waals surface area contributed by atoms with Crippen molar-refractivity contribution in [3.05, 3.63) is 45.7 Å². The second kappa shape index (κ2) is 9.03. The van der Waals surface area contributed by atoms with Crippen LogP contribution in [0.2, 0.25) is 0 Å². The van der Waals surface area contributed by atoms with E-state index in [-0.39, 0.29) is 23.3 Å². The largest absolute Gasteiger partial charge is 0.494 e. The molecule has 10 heteroatoms. The Morgan fingerprint density at radius 2 is 2.11 bits per heavy atom. The Morgan fingerprint density at radius 3 is 2.67 bits per heavy atom. The van der Waals surface area contributed by atoms with Gasteiger partial charge in [0.15, 0.2) is 23.2 Å². The molecule has 1 aromatic carbocycles. The first-order valence-corrected chi connectivity index (χ1v) is 9.02. The van der Waals surface area contributed by atoms with Crippen LogP contribution in [0.15, 0.2) is 28.6 Å². The molecule has 1 atom stereocenters. The number of halogens is 4. The molecule has 1 heterocycles. The van der Waals surface area contributed by atoms with Crippen LogP contribution < -0.4 is 15.4 Å². The molecule has 0 spiro atoms. The fraction of sp³-hybridized carbons (Fsp3) is 0.412. The Bertz CT molecular complexity index is 791. The number of methoxy groups -OCH3 is 1. The summed E-state index contributed by atoms with van der Waals surface area (Å²) in [5.74, 6) is 0.0637. The Balaban J connectivity index is 2.08. The maximum atomic E-state index is 13.9. The van der Waals surface area contributed by atoms with Gasteiger partial charge in [0, 0.05) is 11.9 Å². The second-order valence-corrected chi connectivity index (χ2v) is 6.52. The van der Waals surface area contributed by atoms with Gasteiger partial charge >= 0.3 is 6.18 Å². The molecule has 2 N–H and O–H groups in total. The van der Waals surface area contributed by atoms with Crippen molar-refractivity contribution in [2.24, 2.45) is 4.99 Å². The van der Waals surface area contributed by atoms with Crippen molar-refractivity contribution in [2.75, 3.05) is 13.7 Å². The Kier molecular flexibility index (Phi) is 7.00. The number of nitrogens with one attached hydrogen (secondary N) is 2. The van der Waals surface area contributed by atoms with E-state index in [9.17, 15) is 17.6 Å². The Labute approximate surface area is 158 Å². The molecular formula is C17H20F4N4OS. The van der Waals surface area contributed by atoms with Gasteiger partial charge in [-0.3, -0.25) is 0 Å². The summed E-state index contributed by atoms with van der Waals surface area (Å²) in [5.41, 5.74) is -0.245. The zero-order valence-electron chi connectivity index (χ0n) is 15.0. The lowest BCUT2D eigenvalue weighted by molar-refractivity contribution is -0.140. The molecule has 27 heavy (non-hydrogen) atoms. The minimum absolute atomic E-state index is 0.000225. The Hall–Kier alpha value is -2.36. The zero-order chi connectivity index (χ0) is 20.0. The van der Waals surface area contributed by atoms with Crippen molar-refractivity contribution in [3.63, 3.8) is 0 Å². The van der Waals surface area contributed by atoms with Crippen molar-refractivity contribution in [3.8, 4) is 5.75 Å². The summed E-state index contributed by atoms with van der Waals surface area (Å²) in [6.07, 6.45) is -4.46. The third kappa shape index (κ3) is 5.81. The SMILES string of the molecule is CCNC(=NCc1nc(C(F)(F)F)cs1)NC(C)c1ccc(OC)c(F)c1. The third-order valence-electron chi connectivity index (χ3n) is 3.59. The van der Waals surface area contributed by atoms with Crippen LogP contribution >= 0.6 is 11.3 Å². The summed E-state index contributed by atoms with van der Waals surface area (Å²) in [7, 11) is 1.39.